The standard InChI is InChI=1S/C20H25NO5/c22-19(14-7-8-14)18-12-21(9-11-25-18)20(23)16-5-1-2-6-17(16)26-13-15-4-3-10-24-15/h1-2,5-6,14-15,18H,3-4,7-13H2/t15-,18-/m0/s1. The SMILES string of the molecule is O=C(C1CC1)[C@@H]1CN(C(=O)c2ccccc2OC[C@@H]2CCCO2)CCO1. The van der Waals surface area contributed by atoms with E-state index in [1.165, 1.54) is 0 Å². The molecule has 3 fully saturated rings. The summed E-state index contributed by atoms with van der Waals surface area (Å²) in [5.74, 6) is 0.747. The van der Waals surface area contributed by atoms with Gasteiger partial charge in [-0.2, -0.15) is 0 Å². The molecule has 1 saturated carbocycles. The maximum atomic E-state index is 13.0. The summed E-state index contributed by atoms with van der Waals surface area (Å²) in [7, 11) is 0. The number of para-hydroxylation sites is 1. The van der Waals surface area contributed by atoms with Gasteiger partial charge in [0.1, 0.15) is 18.5 Å². The Balaban J connectivity index is 1.42. The van der Waals surface area contributed by atoms with Gasteiger partial charge in [0.25, 0.3) is 5.91 Å². The second-order valence-corrected chi connectivity index (χ2v) is 7.23. The number of amides is 1. The molecule has 2 saturated heterocycles. The number of Topliss-reactive ketones (excluding diaryl/α,β-unsaturated/α-hetero) is 1. The Hall–Kier alpha value is -1.92. The van der Waals surface area contributed by atoms with E-state index < -0.39 is 6.10 Å². The van der Waals surface area contributed by atoms with Crippen molar-refractivity contribution in [2.24, 2.45) is 5.92 Å². The molecule has 1 aromatic rings. The van der Waals surface area contributed by atoms with Crippen LogP contribution in [0, 0.1) is 5.92 Å². The van der Waals surface area contributed by atoms with E-state index in [0.29, 0.717) is 37.6 Å². The lowest BCUT2D eigenvalue weighted by Crippen LogP contribution is -2.49. The Labute approximate surface area is 153 Å². The van der Waals surface area contributed by atoms with Gasteiger partial charge in [0.05, 0.1) is 24.8 Å². The van der Waals surface area contributed by atoms with Crippen molar-refractivity contribution in [3.8, 4) is 5.75 Å². The van der Waals surface area contributed by atoms with Gasteiger partial charge in [0.2, 0.25) is 0 Å². The van der Waals surface area contributed by atoms with Crippen molar-refractivity contribution in [3.05, 3.63) is 29.8 Å². The van der Waals surface area contributed by atoms with Crippen molar-refractivity contribution < 1.29 is 23.8 Å². The molecule has 2 atom stereocenters. The smallest absolute Gasteiger partial charge is 0.257 e. The van der Waals surface area contributed by atoms with Gasteiger partial charge in [-0.05, 0) is 37.8 Å². The maximum Gasteiger partial charge on any atom is 0.257 e. The van der Waals surface area contributed by atoms with Crippen LogP contribution in [0.25, 0.3) is 0 Å². The molecule has 2 heterocycles. The minimum atomic E-state index is -0.486. The molecule has 0 unspecified atom stereocenters. The average Bonchev–Trinajstić information content (AvgIpc) is 3.41. The van der Waals surface area contributed by atoms with Gasteiger partial charge >= 0.3 is 0 Å². The lowest BCUT2D eigenvalue weighted by Gasteiger charge is -2.32. The van der Waals surface area contributed by atoms with E-state index in [9.17, 15) is 9.59 Å². The van der Waals surface area contributed by atoms with Crippen molar-refractivity contribution >= 4 is 11.7 Å². The number of morpholine rings is 1. The Morgan fingerprint density at radius 2 is 1.96 bits per heavy atom. The number of ketones is 1. The molecule has 0 N–H and O–H groups in total. The number of rotatable bonds is 6. The number of carbonyl (C=O) groups is 2. The largest absolute Gasteiger partial charge is 0.490 e. The lowest BCUT2D eigenvalue weighted by atomic mass is 10.1. The number of benzene rings is 1. The summed E-state index contributed by atoms with van der Waals surface area (Å²) in [6, 6.07) is 7.29. The van der Waals surface area contributed by atoms with E-state index in [0.717, 1.165) is 32.3 Å². The Morgan fingerprint density at radius 1 is 1.12 bits per heavy atom. The first kappa shape index (κ1) is 17.5. The van der Waals surface area contributed by atoms with E-state index in [-0.39, 0.29) is 23.7 Å². The van der Waals surface area contributed by atoms with Crippen molar-refractivity contribution in [3.63, 3.8) is 0 Å². The molecule has 0 spiro atoms. The van der Waals surface area contributed by atoms with Crippen LogP contribution in [-0.2, 0) is 14.3 Å². The molecule has 4 rings (SSSR count). The Bertz CT molecular complexity index is 666. The van der Waals surface area contributed by atoms with Gasteiger partial charge < -0.3 is 19.1 Å². The summed E-state index contributed by atoms with van der Waals surface area (Å²) in [5.41, 5.74) is 0.532. The van der Waals surface area contributed by atoms with Crippen LogP contribution in [0.1, 0.15) is 36.0 Å². The molecule has 0 bridgehead atoms. The van der Waals surface area contributed by atoms with Crippen LogP contribution in [0.5, 0.6) is 5.75 Å². The Kier molecular flexibility index (Phi) is 5.22. The normalized spacial score (nSPS) is 25.9. The number of hydrogen-bond acceptors (Lipinski definition) is 5. The predicted molar refractivity (Wildman–Crippen MR) is 94.3 cm³/mol. The summed E-state index contributed by atoms with van der Waals surface area (Å²) in [5, 5.41) is 0. The van der Waals surface area contributed by atoms with Crippen LogP contribution in [0.15, 0.2) is 24.3 Å². The minimum absolute atomic E-state index is 0.0992. The number of hydrogen-bond donors (Lipinski definition) is 0. The summed E-state index contributed by atoms with van der Waals surface area (Å²) in [4.78, 5) is 27.0. The highest BCUT2D eigenvalue weighted by Gasteiger charge is 2.38. The van der Waals surface area contributed by atoms with E-state index in [2.05, 4.69) is 0 Å². The zero-order chi connectivity index (χ0) is 17.9. The van der Waals surface area contributed by atoms with E-state index in [1.54, 1.807) is 11.0 Å². The molecular weight excluding hydrogens is 334 g/mol. The van der Waals surface area contributed by atoms with Gasteiger partial charge in [-0.1, -0.05) is 12.1 Å². The summed E-state index contributed by atoms with van der Waals surface area (Å²) in [6.45, 7) is 2.45. The fraction of sp³-hybridized carbons (Fsp3) is 0.600. The fourth-order valence-corrected chi connectivity index (χ4v) is 3.53. The van der Waals surface area contributed by atoms with Crippen LogP contribution < -0.4 is 4.74 Å². The van der Waals surface area contributed by atoms with E-state index in [4.69, 9.17) is 14.2 Å². The van der Waals surface area contributed by atoms with Crippen molar-refractivity contribution in [1.82, 2.24) is 4.90 Å². The quantitative estimate of drug-likeness (QED) is 0.778. The first-order chi connectivity index (χ1) is 12.7. The second kappa shape index (κ2) is 7.76. The summed E-state index contributed by atoms with van der Waals surface area (Å²) >= 11 is 0. The highest BCUT2D eigenvalue weighted by atomic mass is 16.5. The van der Waals surface area contributed by atoms with Gasteiger partial charge in [-0.3, -0.25) is 9.59 Å². The summed E-state index contributed by atoms with van der Waals surface area (Å²) < 4.78 is 17.1. The van der Waals surface area contributed by atoms with Crippen molar-refractivity contribution in [2.45, 2.75) is 37.9 Å². The average molecular weight is 359 g/mol. The molecule has 6 nitrogen and oxygen atoms in total. The van der Waals surface area contributed by atoms with Gasteiger partial charge in [-0.15, -0.1) is 0 Å². The van der Waals surface area contributed by atoms with Crippen LogP contribution >= 0.6 is 0 Å². The minimum Gasteiger partial charge on any atom is -0.490 e. The molecule has 26 heavy (non-hydrogen) atoms. The predicted octanol–water partition coefficient (Wildman–Crippen LogP) is 2.06. The van der Waals surface area contributed by atoms with Gasteiger partial charge in [0, 0.05) is 19.1 Å². The maximum absolute atomic E-state index is 13.0. The van der Waals surface area contributed by atoms with Gasteiger partial charge in [0.15, 0.2) is 5.78 Å². The Morgan fingerprint density at radius 3 is 2.73 bits per heavy atom. The molecule has 0 radical (unpaired) electrons. The highest BCUT2D eigenvalue weighted by Crippen LogP contribution is 2.32. The fourth-order valence-electron chi connectivity index (χ4n) is 3.53. The monoisotopic (exact) mass is 359 g/mol. The lowest BCUT2D eigenvalue weighted by molar-refractivity contribution is -0.136. The number of carbonyl (C=O) groups excluding carboxylic acids is 2. The van der Waals surface area contributed by atoms with Crippen LogP contribution in [0.2, 0.25) is 0 Å². The topological polar surface area (TPSA) is 65.1 Å². The molecule has 1 aliphatic carbocycles. The molecule has 140 valence electrons. The molecule has 6 heteroatoms. The molecule has 1 aromatic carbocycles. The highest BCUT2D eigenvalue weighted by molar-refractivity contribution is 5.97. The number of nitrogens with zero attached hydrogens (tertiary/aromatic N) is 1. The number of ether oxygens (including phenoxy) is 3. The molecular formula is C20H25NO5. The van der Waals surface area contributed by atoms with E-state index >= 15 is 0 Å². The van der Waals surface area contributed by atoms with E-state index in [1.807, 2.05) is 18.2 Å². The third kappa shape index (κ3) is 3.91. The second-order valence-electron chi connectivity index (χ2n) is 7.23. The van der Waals surface area contributed by atoms with Crippen LogP contribution in [0.3, 0.4) is 0 Å². The molecule has 1 amide bonds. The molecule has 2 aliphatic heterocycles. The first-order valence-corrected chi connectivity index (χ1v) is 9.50. The van der Waals surface area contributed by atoms with Crippen LogP contribution in [0.4, 0.5) is 0 Å². The zero-order valence-corrected chi connectivity index (χ0v) is 14.9. The van der Waals surface area contributed by atoms with Crippen molar-refractivity contribution in [2.75, 3.05) is 32.9 Å². The molecule has 3 aliphatic rings. The molecule has 0 aromatic heterocycles. The van der Waals surface area contributed by atoms with Crippen molar-refractivity contribution in [1.29, 1.82) is 0 Å². The van der Waals surface area contributed by atoms with Crippen LogP contribution in [-0.4, -0.2) is 61.7 Å². The zero-order valence-electron chi connectivity index (χ0n) is 14.9. The van der Waals surface area contributed by atoms with Gasteiger partial charge in [-0.25, -0.2) is 0 Å². The summed E-state index contributed by atoms with van der Waals surface area (Å²) in [6.07, 6.45) is 3.56. The third-order valence-corrected chi connectivity index (χ3v) is 5.22. The third-order valence-electron chi connectivity index (χ3n) is 5.22. The first-order valence-electron chi connectivity index (χ1n) is 9.50.